The van der Waals surface area contributed by atoms with Gasteiger partial charge in [0, 0.05) is 11.1 Å². The van der Waals surface area contributed by atoms with Crippen molar-refractivity contribution in [2.45, 2.75) is 31.5 Å². The molecule has 106 valence electrons. The van der Waals surface area contributed by atoms with Gasteiger partial charge in [0.1, 0.15) is 5.75 Å². The Hall–Kier alpha value is -0.940. The van der Waals surface area contributed by atoms with Crippen molar-refractivity contribution in [3.63, 3.8) is 0 Å². The van der Waals surface area contributed by atoms with E-state index in [9.17, 15) is 13.2 Å². The molecule has 1 saturated heterocycles. The molecule has 6 heteroatoms. The van der Waals surface area contributed by atoms with E-state index >= 15 is 0 Å². The predicted octanol–water partition coefficient (Wildman–Crippen LogP) is 3.66. The van der Waals surface area contributed by atoms with Crippen molar-refractivity contribution in [2.75, 3.05) is 13.7 Å². The van der Waals surface area contributed by atoms with Crippen LogP contribution in [-0.4, -0.2) is 19.7 Å². The lowest BCUT2D eigenvalue weighted by molar-refractivity contribution is -0.138. The maximum absolute atomic E-state index is 13.0. The van der Waals surface area contributed by atoms with E-state index in [0.29, 0.717) is 12.0 Å². The van der Waals surface area contributed by atoms with Gasteiger partial charge in [-0.05, 0) is 43.5 Å². The SMILES string of the molecule is COc1c(CC2CCCN2)cc(Cl)cc1C(F)(F)F. The average Bonchev–Trinajstić information content (AvgIpc) is 2.80. The molecule has 0 saturated carbocycles. The summed E-state index contributed by atoms with van der Waals surface area (Å²) in [4.78, 5) is 0. The predicted molar refractivity (Wildman–Crippen MR) is 67.7 cm³/mol. The van der Waals surface area contributed by atoms with Gasteiger partial charge >= 0.3 is 6.18 Å². The summed E-state index contributed by atoms with van der Waals surface area (Å²) in [7, 11) is 1.25. The van der Waals surface area contributed by atoms with Crippen LogP contribution in [0.5, 0.6) is 5.75 Å². The Morgan fingerprint density at radius 1 is 1.42 bits per heavy atom. The van der Waals surface area contributed by atoms with E-state index in [1.54, 1.807) is 6.07 Å². The maximum atomic E-state index is 13.0. The topological polar surface area (TPSA) is 21.3 Å². The summed E-state index contributed by atoms with van der Waals surface area (Å²) in [5.41, 5.74) is -0.308. The van der Waals surface area contributed by atoms with Gasteiger partial charge in [0.05, 0.1) is 12.7 Å². The molecule has 0 aliphatic carbocycles. The molecular weight excluding hydrogens is 279 g/mol. The third-order valence-electron chi connectivity index (χ3n) is 3.27. The quantitative estimate of drug-likeness (QED) is 0.918. The first-order valence-corrected chi connectivity index (χ1v) is 6.46. The molecule has 19 heavy (non-hydrogen) atoms. The highest BCUT2D eigenvalue weighted by atomic mass is 35.5. The number of rotatable bonds is 3. The fraction of sp³-hybridized carbons (Fsp3) is 0.538. The molecule has 1 N–H and O–H groups in total. The van der Waals surface area contributed by atoms with Crippen LogP contribution in [0.2, 0.25) is 5.02 Å². The molecule has 1 aliphatic heterocycles. The molecule has 0 radical (unpaired) electrons. The smallest absolute Gasteiger partial charge is 0.420 e. The van der Waals surface area contributed by atoms with Crippen molar-refractivity contribution >= 4 is 11.6 Å². The molecule has 0 bridgehead atoms. The van der Waals surface area contributed by atoms with Gasteiger partial charge in [-0.25, -0.2) is 0 Å². The lowest BCUT2D eigenvalue weighted by atomic mass is 10.0. The van der Waals surface area contributed by atoms with Crippen LogP contribution in [0.4, 0.5) is 13.2 Å². The molecule has 0 spiro atoms. The standard InChI is InChI=1S/C13H15ClF3NO/c1-19-12-8(6-10-3-2-4-18-10)5-9(14)7-11(12)13(15,16)17/h5,7,10,18H,2-4,6H2,1H3. The first kappa shape index (κ1) is 14.5. The van der Waals surface area contributed by atoms with Crippen LogP contribution in [0.15, 0.2) is 12.1 Å². The normalized spacial score (nSPS) is 19.7. The van der Waals surface area contributed by atoms with Crippen molar-refractivity contribution in [1.29, 1.82) is 0 Å². The van der Waals surface area contributed by atoms with Gasteiger partial charge in [-0.1, -0.05) is 11.6 Å². The minimum Gasteiger partial charge on any atom is -0.496 e. The van der Waals surface area contributed by atoms with Gasteiger partial charge in [0.15, 0.2) is 0 Å². The highest BCUT2D eigenvalue weighted by molar-refractivity contribution is 6.30. The fourth-order valence-corrected chi connectivity index (χ4v) is 2.69. The van der Waals surface area contributed by atoms with E-state index in [1.807, 2.05) is 0 Å². The Morgan fingerprint density at radius 2 is 2.16 bits per heavy atom. The van der Waals surface area contributed by atoms with Crippen LogP contribution in [0.3, 0.4) is 0 Å². The Morgan fingerprint density at radius 3 is 2.68 bits per heavy atom. The average molecular weight is 294 g/mol. The van der Waals surface area contributed by atoms with Gasteiger partial charge < -0.3 is 10.1 Å². The number of halogens is 4. The van der Waals surface area contributed by atoms with Crippen LogP contribution in [0.25, 0.3) is 0 Å². The molecule has 1 atom stereocenters. The molecule has 1 heterocycles. The minimum atomic E-state index is -4.46. The molecule has 1 aromatic carbocycles. The number of alkyl halides is 3. The van der Waals surface area contributed by atoms with Crippen molar-refractivity contribution in [1.82, 2.24) is 5.32 Å². The second kappa shape index (κ2) is 5.59. The molecule has 1 aromatic rings. The van der Waals surface area contributed by atoms with Gasteiger partial charge in [0.2, 0.25) is 0 Å². The largest absolute Gasteiger partial charge is 0.496 e. The molecule has 1 fully saturated rings. The zero-order valence-corrected chi connectivity index (χ0v) is 11.2. The van der Waals surface area contributed by atoms with E-state index in [4.69, 9.17) is 16.3 Å². The van der Waals surface area contributed by atoms with Crippen LogP contribution < -0.4 is 10.1 Å². The minimum absolute atomic E-state index is 0.0844. The zero-order chi connectivity index (χ0) is 14.0. The van der Waals surface area contributed by atoms with E-state index in [-0.39, 0.29) is 16.8 Å². The first-order chi connectivity index (χ1) is 8.91. The Labute approximate surface area is 114 Å². The van der Waals surface area contributed by atoms with Crippen molar-refractivity contribution in [2.24, 2.45) is 0 Å². The summed E-state index contributed by atoms with van der Waals surface area (Å²) in [5.74, 6) is -0.120. The van der Waals surface area contributed by atoms with Crippen LogP contribution >= 0.6 is 11.6 Å². The van der Waals surface area contributed by atoms with Gasteiger partial charge in [-0.15, -0.1) is 0 Å². The number of benzene rings is 1. The summed E-state index contributed by atoms with van der Waals surface area (Å²) in [6.07, 6.45) is -1.97. The Balaban J connectivity index is 2.38. The number of methoxy groups -OCH3 is 1. The van der Waals surface area contributed by atoms with E-state index in [2.05, 4.69) is 5.32 Å². The Kier molecular flexibility index (Phi) is 4.26. The van der Waals surface area contributed by atoms with E-state index in [0.717, 1.165) is 25.5 Å². The van der Waals surface area contributed by atoms with Crippen LogP contribution in [-0.2, 0) is 12.6 Å². The highest BCUT2D eigenvalue weighted by Crippen LogP contribution is 2.40. The first-order valence-electron chi connectivity index (χ1n) is 6.09. The van der Waals surface area contributed by atoms with Crippen molar-refractivity contribution in [3.05, 3.63) is 28.3 Å². The second-order valence-electron chi connectivity index (χ2n) is 4.64. The van der Waals surface area contributed by atoms with Gasteiger partial charge in [0.25, 0.3) is 0 Å². The van der Waals surface area contributed by atoms with Crippen LogP contribution in [0.1, 0.15) is 24.0 Å². The molecule has 2 nitrogen and oxygen atoms in total. The number of hydrogen-bond acceptors (Lipinski definition) is 2. The second-order valence-corrected chi connectivity index (χ2v) is 5.08. The molecule has 1 aliphatic rings. The summed E-state index contributed by atoms with van der Waals surface area (Å²) in [5, 5.41) is 3.34. The molecular formula is C13H15ClF3NO. The molecule has 2 rings (SSSR count). The number of nitrogens with one attached hydrogen (secondary N) is 1. The van der Waals surface area contributed by atoms with Crippen molar-refractivity contribution < 1.29 is 17.9 Å². The molecule has 0 amide bonds. The lowest BCUT2D eigenvalue weighted by Gasteiger charge is -2.18. The lowest BCUT2D eigenvalue weighted by Crippen LogP contribution is -2.24. The third kappa shape index (κ3) is 3.34. The monoisotopic (exact) mass is 293 g/mol. The summed E-state index contributed by atoms with van der Waals surface area (Å²) in [6.45, 7) is 0.902. The fourth-order valence-electron chi connectivity index (χ4n) is 2.45. The zero-order valence-electron chi connectivity index (χ0n) is 10.5. The van der Waals surface area contributed by atoms with Crippen molar-refractivity contribution in [3.8, 4) is 5.75 Å². The molecule has 1 unspecified atom stereocenters. The van der Waals surface area contributed by atoms with Gasteiger partial charge in [-0.2, -0.15) is 13.2 Å². The summed E-state index contributed by atoms with van der Waals surface area (Å²) < 4.78 is 43.8. The van der Waals surface area contributed by atoms with Gasteiger partial charge in [-0.3, -0.25) is 0 Å². The highest BCUT2D eigenvalue weighted by Gasteiger charge is 2.36. The summed E-state index contributed by atoms with van der Waals surface area (Å²) >= 11 is 5.79. The summed E-state index contributed by atoms with van der Waals surface area (Å²) in [6, 6.07) is 2.65. The number of ether oxygens (including phenoxy) is 1. The van der Waals surface area contributed by atoms with E-state index in [1.165, 1.54) is 7.11 Å². The number of hydrogen-bond donors (Lipinski definition) is 1. The third-order valence-corrected chi connectivity index (χ3v) is 3.49. The Bertz CT molecular complexity index is 456. The van der Waals surface area contributed by atoms with E-state index < -0.39 is 11.7 Å². The maximum Gasteiger partial charge on any atom is 0.420 e. The molecule has 0 aromatic heterocycles. The van der Waals surface area contributed by atoms with Crippen LogP contribution in [0, 0.1) is 0 Å².